The minimum atomic E-state index is -5.83. The number of para-hydroxylation sites is 1. The topological polar surface area (TPSA) is 56.2 Å². The van der Waals surface area contributed by atoms with Crippen LogP contribution in [0.1, 0.15) is 0 Å². The molecule has 0 fully saturated rings. The molecule has 0 heterocycles. The molecule has 0 aromatic heterocycles. The molecule has 0 radical (unpaired) electrons. The van der Waals surface area contributed by atoms with Crippen molar-refractivity contribution >= 4 is 20.4 Å². The van der Waals surface area contributed by atoms with E-state index in [1.807, 2.05) is 18.2 Å². The van der Waals surface area contributed by atoms with Gasteiger partial charge in [0, 0.05) is 0 Å². The molecule has 34 heavy (non-hydrogen) atoms. The average Bonchev–Trinajstić information content (AvgIpc) is 2.84. The number of halogens is 3. The standard InChI is InChI=1S/C25H19F3O4S2/c26-25(27,28)34(29,30)32-33(22-12-6-2-7-13-22,23-14-8-3-9-15-23)24-18-16-21(17-19-24)31-20-10-4-1-5-11-20/h1-19H/p+1. The highest BCUT2D eigenvalue weighted by molar-refractivity contribution is 8.32. The molecule has 9 heteroatoms. The Morgan fingerprint density at radius 1 is 0.559 bits per heavy atom. The van der Waals surface area contributed by atoms with Crippen LogP contribution >= 0.6 is 10.3 Å². The molecule has 0 aliphatic carbocycles. The summed E-state index contributed by atoms with van der Waals surface area (Å²) >= 11 is 0. The zero-order valence-electron chi connectivity index (χ0n) is 17.6. The van der Waals surface area contributed by atoms with Crippen LogP contribution in [0.25, 0.3) is 0 Å². The van der Waals surface area contributed by atoms with E-state index in [4.69, 9.17) is 4.74 Å². The number of benzene rings is 4. The molecule has 1 N–H and O–H groups in total. The summed E-state index contributed by atoms with van der Waals surface area (Å²) in [6.45, 7) is 0. The second-order valence-electron chi connectivity index (χ2n) is 7.09. The molecule has 0 atom stereocenters. The van der Waals surface area contributed by atoms with Crippen molar-refractivity contribution in [3.05, 3.63) is 115 Å². The van der Waals surface area contributed by atoms with E-state index in [0.717, 1.165) is 0 Å². The fraction of sp³-hybridized carbons (Fsp3) is 0.0400. The quantitative estimate of drug-likeness (QED) is 0.147. The summed E-state index contributed by atoms with van der Waals surface area (Å²) in [7, 11) is -9.03. The first-order valence-corrected chi connectivity index (χ1v) is 13.1. The van der Waals surface area contributed by atoms with E-state index in [1.165, 1.54) is 0 Å². The Balaban J connectivity index is 1.90. The molecule has 0 saturated heterocycles. The van der Waals surface area contributed by atoms with Crippen LogP contribution in [0.2, 0.25) is 0 Å². The predicted molar refractivity (Wildman–Crippen MR) is 126 cm³/mol. The molecule has 0 unspecified atom stereocenters. The Kier molecular flexibility index (Phi) is 6.70. The van der Waals surface area contributed by atoms with Crippen LogP contribution in [0.3, 0.4) is 0 Å². The number of ether oxygens (including phenoxy) is 1. The first-order chi connectivity index (χ1) is 16.2. The molecule has 0 aliphatic rings. The number of alkyl halides is 3. The van der Waals surface area contributed by atoms with Gasteiger partial charge in [0.05, 0.1) is 25.0 Å². The molecule has 0 amide bonds. The fourth-order valence-electron chi connectivity index (χ4n) is 3.29. The lowest BCUT2D eigenvalue weighted by Crippen LogP contribution is -2.30. The van der Waals surface area contributed by atoms with Gasteiger partial charge in [-0.05, 0) is 60.7 Å². The Labute approximate surface area is 197 Å². The van der Waals surface area contributed by atoms with Crippen LogP contribution in [0, 0.1) is 0 Å². The van der Waals surface area contributed by atoms with Crippen LogP contribution in [-0.2, 0) is 10.1 Å². The number of hydrogen-bond donors (Lipinski definition) is 0. The summed E-state index contributed by atoms with van der Waals surface area (Å²) in [6, 6.07) is 31.6. The van der Waals surface area contributed by atoms with Gasteiger partial charge in [-0.3, -0.25) is 3.63 Å². The number of rotatable bonds is 7. The Hall–Kier alpha value is -3.27. The fourth-order valence-corrected chi connectivity index (χ4v) is 8.29. The first-order valence-electron chi connectivity index (χ1n) is 10.0. The second kappa shape index (κ2) is 9.54. The van der Waals surface area contributed by atoms with E-state index < -0.39 is 25.9 Å². The van der Waals surface area contributed by atoms with Crippen molar-refractivity contribution in [2.24, 2.45) is 0 Å². The van der Waals surface area contributed by atoms with Crippen molar-refractivity contribution in [2.75, 3.05) is 0 Å². The second-order valence-corrected chi connectivity index (χ2v) is 11.7. The summed E-state index contributed by atoms with van der Waals surface area (Å²) in [6.07, 6.45) is 0. The van der Waals surface area contributed by atoms with Crippen molar-refractivity contribution in [2.45, 2.75) is 20.2 Å². The van der Waals surface area contributed by atoms with Crippen LogP contribution in [0.15, 0.2) is 130 Å². The Bertz CT molecular complexity index is 1290. The third-order valence-electron chi connectivity index (χ3n) is 4.81. The summed E-state index contributed by atoms with van der Waals surface area (Å²) in [5.41, 5.74) is -5.54. The SMILES string of the molecule is O=S(=O)([OH+]S(c1ccccc1)(c1ccccc1)c1ccc(Oc2ccccc2)cc1)C(F)(F)F. The van der Waals surface area contributed by atoms with E-state index in [1.54, 1.807) is 97.1 Å². The lowest BCUT2D eigenvalue weighted by atomic mass is 10.3. The van der Waals surface area contributed by atoms with Gasteiger partial charge in [0.1, 0.15) is 11.5 Å². The third-order valence-corrected chi connectivity index (χ3v) is 9.94. The largest absolute Gasteiger partial charge is 0.572 e. The Morgan fingerprint density at radius 3 is 1.38 bits per heavy atom. The van der Waals surface area contributed by atoms with E-state index in [2.05, 4.69) is 3.63 Å². The van der Waals surface area contributed by atoms with Crippen LogP contribution in [0.4, 0.5) is 13.2 Å². The Morgan fingerprint density at radius 2 is 0.941 bits per heavy atom. The zero-order chi connectivity index (χ0) is 24.2. The monoisotopic (exact) mass is 505 g/mol. The van der Waals surface area contributed by atoms with E-state index in [-0.39, 0.29) is 0 Å². The van der Waals surface area contributed by atoms with Crippen molar-refractivity contribution in [1.82, 2.24) is 0 Å². The van der Waals surface area contributed by atoms with E-state index in [0.29, 0.717) is 26.2 Å². The molecule has 4 rings (SSSR count). The lowest BCUT2D eigenvalue weighted by Gasteiger charge is -2.34. The van der Waals surface area contributed by atoms with Crippen LogP contribution in [-0.4, -0.2) is 17.6 Å². The smallest absolute Gasteiger partial charge is 0.457 e. The van der Waals surface area contributed by atoms with Crippen molar-refractivity contribution in [1.29, 1.82) is 0 Å². The van der Waals surface area contributed by atoms with Gasteiger partial charge in [0.2, 0.25) is 0 Å². The molecular formula is C25H20F3O4S2+. The minimum absolute atomic E-state index is 0.318. The van der Waals surface area contributed by atoms with E-state index >= 15 is 0 Å². The third kappa shape index (κ3) is 4.82. The van der Waals surface area contributed by atoms with Gasteiger partial charge in [-0.25, -0.2) is 0 Å². The van der Waals surface area contributed by atoms with Gasteiger partial charge >= 0.3 is 15.6 Å². The van der Waals surface area contributed by atoms with Gasteiger partial charge in [-0.15, -0.1) is 8.42 Å². The summed E-state index contributed by atoms with van der Waals surface area (Å²) in [5.74, 6) is 1.03. The zero-order valence-corrected chi connectivity index (χ0v) is 19.2. The van der Waals surface area contributed by atoms with E-state index in [9.17, 15) is 21.6 Å². The van der Waals surface area contributed by atoms with Gasteiger partial charge in [0.15, 0.2) is 0 Å². The maximum absolute atomic E-state index is 13.5. The summed E-state index contributed by atoms with van der Waals surface area (Å²) in [4.78, 5) is 1.02. The molecule has 176 valence electrons. The molecule has 0 saturated carbocycles. The lowest BCUT2D eigenvalue weighted by molar-refractivity contribution is -0.0540. The highest BCUT2D eigenvalue weighted by Crippen LogP contribution is 2.68. The van der Waals surface area contributed by atoms with Gasteiger partial charge in [-0.1, -0.05) is 54.6 Å². The van der Waals surface area contributed by atoms with Gasteiger partial charge in [0.25, 0.3) is 0 Å². The minimum Gasteiger partial charge on any atom is -0.457 e. The first kappa shape index (κ1) is 23.9. The van der Waals surface area contributed by atoms with Gasteiger partial charge in [-0.2, -0.15) is 13.2 Å². The van der Waals surface area contributed by atoms with Crippen molar-refractivity contribution < 1.29 is 30.0 Å². The molecule has 4 aromatic rings. The molecule has 0 aliphatic heterocycles. The average molecular weight is 506 g/mol. The molecule has 4 aromatic carbocycles. The van der Waals surface area contributed by atoms with Crippen LogP contribution < -0.4 is 4.74 Å². The molecule has 0 spiro atoms. The van der Waals surface area contributed by atoms with Gasteiger partial charge < -0.3 is 4.74 Å². The highest BCUT2D eigenvalue weighted by atomic mass is 32.3. The van der Waals surface area contributed by atoms with Crippen LogP contribution in [0.5, 0.6) is 11.5 Å². The summed E-state index contributed by atoms with van der Waals surface area (Å²) in [5, 5.41) is 0. The van der Waals surface area contributed by atoms with Crippen molar-refractivity contribution in [3.63, 3.8) is 0 Å². The molecule has 0 bridgehead atoms. The predicted octanol–water partition coefficient (Wildman–Crippen LogP) is 7.62. The summed E-state index contributed by atoms with van der Waals surface area (Å²) < 4.78 is 74.8. The maximum atomic E-state index is 13.5. The highest BCUT2D eigenvalue weighted by Gasteiger charge is 2.57. The maximum Gasteiger partial charge on any atom is 0.572 e. The normalized spacial score (nSPS) is 12.8. The molecular weight excluding hydrogens is 485 g/mol. The van der Waals surface area contributed by atoms with Crippen molar-refractivity contribution in [3.8, 4) is 11.5 Å². The number of hydrogen-bond acceptors (Lipinski definition) is 3. The molecule has 4 nitrogen and oxygen atoms in total.